The molecule has 0 N–H and O–H groups in total. The fourth-order valence-electron chi connectivity index (χ4n) is 1.08. The van der Waals surface area contributed by atoms with E-state index in [9.17, 15) is 4.79 Å². The van der Waals surface area contributed by atoms with E-state index < -0.39 is 0 Å². The van der Waals surface area contributed by atoms with Crippen molar-refractivity contribution in [3.8, 4) is 10.6 Å². The highest BCUT2D eigenvalue weighted by atomic mass is 32.1. The van der Waals surface area contributed by atoms with Crippen molar-refractivity contribution < 1.29 is 9.21 Å². The normalized spacial score (nSPS) is 10.2. The predicted molar refractivity (Wildman–Crippen MR) is 49.8 cm³/mol. The highest BCUT2D eigenvalue weighted by Gasteiger charge is 2.13. The lowest BCUT2D eigenvalue weighted by atomic mass is 10.2. The van der Waals surface area contributed by atoms with Crippen LogP contribution in [0.4, 0.5) is 0 Å². The Balaban J connectivity index is 2.52. The number of carbonyl (C=O) groups excluding carboxylic acids is 1. The lowest BCUT2D eigenvalue weighted by molar-refractivity contribution is 0.101. The summed E-state index contributed by atoms with van der Waals surface area (Å²) in [6.45, 7) is 1.50. The highest BCUT2D eigenvalue weighted by Crippen LogP contribution is 2.27. The Kier molecular flexibility index (Phi) is 1.98. The fourth-order valence-corrected chi connectivity index (χ4v) is 1.88. The number of rotatable bonds is 2. The molecular weight excluding hydrogens is 186 g/mol. The molecule has 3 nitrogen and oxygen atoms in total. The molecule has 0 radical (unpaired) electrons. The molecule has 0 saturated heterocycles. The average molecular weight is 193 g/mol. The van der Waals surface area contributed by atoms with Crippen molar-refractivity contribution >= 4 is 17.1 Å². The molecule has 0 atom stereocenters. The molecular formula is C9H7NO2S. The molecule has 4 heteroatoms. The third-order valence-electron chi connectivity index (χ3n) is 1.65. The average Bonchev–Trinajstić information content (AvgIpc) is 2.74. The van der Waals surface area contributed by atoms with Crippen molar-refractivity contribution in [2.75, 3.05) is 0 Å². The zero-order chi connectivity index (χ0) is 9.26. The van der Waals surface area contributed by atoms with E-state index in [1.165, 1.54) is 18.3 Å². The SMILES string of the molecule is CC(=O)c1ncsc1-c1ccco1. The van der Waals surface area contributed by atoms with Crippen molar-refractivity contribution in [2.24, 2.45) is 0 Å². The number of furan rings is 1. The summed E-state index contributed by atoms with van der Waals surface area (Å²) < 4.78 is 5.19. The van der Waals surface area contributed by atoms with Gasteiger partial charge in [0.1, 0.15) is 16.3 Å². The van der Waals surface area contributed by atoms with E-state index in [1.54, 1.807) is 17.8 Å². The van der Waals surface area contributed by atoms with Crippen LogP contribution in [0.1, 0.15) is 17.4 Å². The lowest BCUT2D eigenvalue weighted by Gasteiger charge is -1.92. The van der Waals surface area contributed by atoms with Gasteiger partial charge in [-0.1, -0.05) is 0 Å². The summed E-state index contributed by atoms with van der Waals surface area (Å²) in [6.07, 6.45) is 1.58. The summed E-state index contributed by atoms with van der Waals surface area (Å²) >= 11 is 1.41. The van der Waals surface area contributed by atoms with Gasteiger partial charge in [-0.3, -0.25) is 4.79 Å². The van der Waals surface area contributed by atoms with Gasteiger partial charge in [-0.05, 0) is 12.1 Å². The summed E-state index contributed by atoms with van der Waals surface area (Å²) in [7, 11) is 0. The first-order valence-electron chi connectivity index (χ1n) is 3.77. The van der Waals surface area contributed by atoms with Gasteiger partial charge >= 0.3 is 0 Å². The summed E-state index contributed by atoms with van der Waals surface area (Å²) in [6, 6.07) is 3.61. The van der Waals surface area contributed by atoms with Crippen LogP contribution in [0.3, 0.4) is 0 Å². The van der Waals surface area contributed by atoms with Crippen LogP contribution in [0.15, 0.2) is 28.3 Å². The first kappa shape index (κ1) is 8.19. The Bertz CT molecular complexity index is 417. The van der Waals surface area contributed by atoms with Crippen LogP contribution in [0.2, 0.25) is 0 Å². The maximum Gasteiger partial charge on any atom is 0.179 e. The number of nitrogens with zero attached hydrogens (tertiary/aromatic N) is 1. The third kappa shape index (κ3) is 1.40. The molecule has 0 aliphatic carbocycles. The number of hydrogen-bond donors (Lipinski definition) is 0. The van der Waals surface area contributed by atoms with Crippen LogP contribution in [0.25, 0.3) is 10.6 Å². The number of thiazole rings is 1. The number of hydrogen-bond acceptors (Lipinski definition) is 4. The van der Waals surface area contributed by atoms with Crippen LogP contribution < -0.4 is 0 Å². The fraction of sp³-hybridized carbons (Fsp3) is 0.111. The summed E-state index contributed by atoms with van der Waals surface area (Å²) in [5, 5.41) is 0. The van der Waals surface area contributed by atoms with E-state index in [0.717, 1.165) is 4.88 Å². The van der Waals surface area contributed by atoms with E-state index in [-0.39, 0.29) is 5.78 Å². The zero-order valence-corrected chi connectivity index (χ0v) is 7.80. The molecule has 66 valence electrons. The number of Topliss-reactive ketones (excluding diaryl/α,β-unsaturated/α-hetero) is 1. The van der Waals surface area contributed by atoms with Crippen molar-refractivity contribution in [1.29, 1.82) is 0 Å². The zero-order valence-electron chi connectivity index (χ0n) is 6.98. The Morgan fingerprint density at radius 2 is 2.46 bits per heavy atom. The van der Waals surface area contributed by atoms with Gasteiger partial charge in [0.2, 0.25) is 0 Å². The molecule has 2 rings (SSSR count). The second-order valence-electron chi connectivity index (χ2n) is 2.56. The van der Waals surface area contributed by atoms with Crippen LogP contribution in [0.5, 0.6) is 0 Å². The Hall–Kier alpha value is -1.42. The number of aromatic nitrogens is 1. The van der Waals surface area contributed by atoms with Crippen molar-refractivity contribution in [1.82, 2.24) is 4.98 Å². The monoisotopic (exact) mass is 193 g/mol. The molecule has 0 spiro atoms. The second-order valence-corrected chi connectivity index (χ2v) is 3.42. The first-order valence-corrected chi connectivity index (χ1v) is 4.65. The van der Waals surface area contributed by atoms with E-state index in [0.29, 0.717) is 11.5 Å². The van der Waals surface area contributed by atoms with E-state index in [4.69, 9.17) is 4.42 Å². The van der Waals surface area contributed by atoms with Crippen molar-refractivity contribution in [3.05, 3.63) is 29.6 Å². The maximum atomic E-state index is 11.1. The Morgan fingerprint density at radius 3 is 3.08 bits per heavy atom. The van der Waals surface area contributed by atoms with E-state index in [2.05, 4.69) is 4.98 Å². The maximum absolute atomic E-state index is 11.1. The molecule has 0 aliphatic rings. The van der Waals surface area contributed by atoms with Crippen LogP contribution in [-0.4, -0.2) is 10.8 Å². The molecule has 0 bridgehead atoms. The Morgan fingerprint density at radius 1 is 1.62 bits per heavy atom. The molecule has 2 aromatic rings. The molecule has 0 saturated carbocycles. The minimum absolute atomic E-state index is 0.0346. The van der Waals surface area contributed by atoms with Gasteiger partial charge < -0.3 is 4.42 Å². The lowest BCUT2D eigenvalue weighted by Crippen LogP contribution is -1.93. The van der Waals surface area contributed by atoms with Crippen molar-refractivity contribution in [2.45, 2.75) is 6.92 Å². The van der Waals surface area contributed by atoms with E-state index >= 15 is 0 Å². The molecule has 2 aromatic heterocycles. The van der Waals surface area contributed by atoms with Crippen molar-refractivity contribution in [3.63, 3.8) is 0 Å². The largest absolute Gasteiger partial charge is 0.463 e. The first-order chi connectivity index (χ1) is 6.29. The van der Waals surface area contributed by atoms with Crippen LogP contribution in [0, 0.1) is 0 Å². The third-order valence-corrected chi connectivity index (χ3v) is 2.49. The van der Waals surface area contributed by atoms with Gasteiger partial charge in [0, 0.05) is 6.92 Å². The number of ketones is 1. The summed E-state index contributed by atoms with van der Waals surface area (Å²) in [4.78, 5) is 15.9. The molecule has 0 amide bonds. The van der Waals surface area contributed by atoms with Crippen LogP contribution >= 0.6 is 11.3 Å². The molecule has 0 aliphatic heterocycles. The van der Waals surface area contributed by atoms with Crippen LogP contribution in [-0.2, 0) is 0 Å². The molecule has 2 heterocycles. The minimum atomic E-state index is -0.0346. The van der Waals surface area contributed by atoms with Gasteiger partial charge in [0.25, 0.3) is 0 Å². The van der Waals surface area contributed by atoms with E-state index in [1.807, 2.05) is 6.07 Å². The number of carbonyl (C=O) groups is 1. The minimum Gasteiger partial charge on any atom is -0.463 e. The highest BCUT2D eigenvalue weighted by molar-refractivity contribution is 7.13. The summed E-state index contributed by atoms with van der Waals surface area (Å²) in [5.41, 5.74) is 2.13. The second kappa shape index (κ2) is 3.14. The van der Waals surface area contributed by atoms with Gasteiger partial charge in [0.05, 0.1) is 11.8 Å². The molecule has 0 unspecified atom stereocenters. The predicted octanol–water partition coefficient (Wildman–Crippen LogP) is 2.61. The standard InChI is InChI=1S/C9H7NO2S/c1-6(11)8-9(13-5-10-8)7-3-2-4-12-7/h2-5H,1H3. The van der Waals surface area contributed by atoms with Gasteiger partial charge in [0.15, 0.2) is 5.78 Å². The molecule has 0 aromatic carbocycles. The molecule has 13 heavy (non-hydrogen) atoms. The topological polar surface area (TPSA) is 43.1 Å². The molecule has 0 fully saturated rings. The quantitative estimate of drug-likeness (QED) is 0.688. The van der Waals surface area contributed by atoms with Gasteiger partial charge in [-0.15, -0.1) is 11.3 Å². The Labute approximate surface area is 79.0 Å². The summed E-state index contributed by atoms with van der Waals surface area (Å²) in [5.74, 6) is 0.667. The van der Waals surface area contributed by atoms with Gasteiger partial charge in [-0.2, -0.15) is 0 Å². The van der Waals surface area contributed by atoms with Gasteiger partial charge in [-0.25, -0.2) is 4.98 Å². The smallest absolute Gasteiger partial charge is 0.179 e.